The first kappa shape index (κ1) is 14.5. The van der Waals surface area contributed by atoms with E-state index in [1.807, 2.05) is 48.2 Å². The van der Waals surface area contributed by atoms with Crippen molar-refractivity contribution in [2.45, 2.75) is 19.9 Å². The van der Waals surface area contributed by atoms with Crippen LogP contribution < -0.4 is 9.47 Å². The monoisotopic (exact) mass is 353 g/mol. The maximum atomic E-state index is 5.46. The molecule has 0 fully saturated rings. The molecule has 0 radical (unpaired) electrons. The molecule has 3 aromatic heterocycles. The standard InChI is InChI=1S/C17H15N5O2S/c1-11-20-22-9-13(19-17(22)25-11)4-6-21-7-5-18-16(21)12-2-3-14-15(8-12)24-10-23-14/h2-3,5,7-9H,4,6,10H2,1H3. The molecule has 0 saturated heterocycles. The molecule has 0 unspecified atom stereocenters. The summed E-state index contributed by atoms with van der Waals surface area (Å²) in [6.45, 7) is 3.06. The summed E-state index contributed by atoms with van der Waals surface area (Å²) in [5.41, 5.74) is 2.04. The molecule has 1 aliphatic heterocycles. The van der Waals surface area contributed by atoms with Gasteiger partial charge in [0.25, 0.3) is 0 Å². The molecular weight excluding hydrogens is 338 g/mol. The van der Waals surface area contributed by atoms with Gasteiger partial charge in [-0.2, -0.15) is 5.10 Å². The summed E-state index contributed by atoms with van der Waals surface area (Å²) in [6, 6.07) is 5.90. The zero-order valence-corrected chi connectivity index (χ0v) is 14.4. The van der Waals surface area contributed by atoms with E-state index < -0.39 is 0 Å². The van der Waals surface area contributed by atoms with Gasteiger partial charge in [0.15, 0.2) is 11.5 Å². The number of aromatic nitrogens is 5. The minimum atomic E-state index is 0.276. The molecule has 0 amide bonds. The zero-order valence-electron chi connectivity index (χ0n) is 13.5. The summed E-state index contributed by atoms with van der Waals surface area (Å²) >= 11 is 1.60. The van der Waals surface area contributed by atoms with E-state index in [1.165, 1.54) is 0 Å². The van der Waals surface area contributed by atoms with E-state index in [2.05, 4.69) is 19.6 Å². The van der Waals surface area contributed by atoms with Crippen LogP contribution in [0.5, 0.6) is 11.5 Å². The Hall–Kier alpha value is -2.87. The number of ether oxygens (including phenoxy) is 2. The van der Waals surface area contributed by atoms with Gasteiger partial charge in [0.05, 0.1) is 11.9 Å². The lowest BCUT2D eigenvalue weighted by Gasteiger charge is -2.07. The number of nitrogens with zero attached hydrogens (tertiary/aromatic N) is 5. The van der Waals surface area contributed by atoms with Gasteiger partial charge in [0.2, 0.25) is 11.8 Å². The second kappa shape index (κ2) is 5.59. The van der Waals surface area contributed by atoms with E-state index in [0.29, 0.717) is 0 Å². The van der Waals surface area contributed by atoms with Crippen molar-refractivity contribution in [3.63, 3.8) is 0 Å². The molecule has 0 spiro atoms. The first-order valence-corrected chi connectivity index (χ1v) is 8.81. The predicted molar refractivity (Wildman–Crippen MR) is 93.1 cm³/mol. The van der Waals surface area contributed by atoms with Crippen molar-refractivity contribution in [1.82, 2.24) is 24.1 Å². The van der Waals surface area contributed by atoms with Gasteiger partial charge in [-0.25, -0.2) is 14.5 Å². The highest BCUT2D eigenvalue weighted by molar-refractivity contribution is 7.16. The fourth-order valence-electron chi connectivity index (χ4n) is 2.99. The molecule has 4 heterocycles. The molecule has 0 atom stereocenters. The first-order valence-electron chi connectivity index (χ1n) is 7.99. The van der Waals surface area contributed by atoms with Crippen molar-refractivity contribution in [1.29, 1.82) is 0 Å². The van der Waals surface area contributed by atoms with Crippen molar-refractivity contribution >= 4 is 16.3 Å². The Morgan fingerprint density at radius 2 is 2.16 bits per heavy atom. The Morgan fingerprint density at radius 3 is 3.08 bits per heavy atom. The molecule has 7 nitrogen and oxygen atoms in total. The third-order valence-electron chi connectivity index (χ3n) is 4.15. The van der Waals surface area contributed by atoms with Crippen LogP contribution in [0.4, 0.5) is 0 Å². The summed E-state index contributed by atoms with van der Waals surface area (Å²) in [4.78, 5) is 10.1. The Morgan fingerprint density at radius 1 is 1.24 bits per heavy atom. The van der Waals surface area contributed by atoms with E-state index >= 15 is 0 Å². The van der Waals surface area contributed by atoms with E-state index in [9.17, 15) is 0 Å². The van der Waals surface area contributed by atoms with Gasteiger partial charge in [-0.05, 0) is 25.1 Å². The summed E-state index contributed by atoms with van der Waals surface area (Å²) in [5.74, 6) is 2.46. The van der Waals surface area contributed by atoms with Crippen LogP contribution in [0.15, 0.2) is 36.8 Å². The maximum absolute atomic E-state index is 5.46. The van der Waals surface area contributed by atoms with E-state index in [-0.39, 0.29) is 6.79 Å². The Labute approximate surface area is 147 Å². The summed E-state index contributed by atoms with van der Waals surface area (Å²) < 4.78 is 14.8. The molecule has 0 bridgehead atoms. The molecule has 1 aliphatic rings. The third-order valence-corrected chi connectivity index (χ3v) is 4.99. The average molecular weight is 353 g/mol. The van der Waals surface area contributed by atoms with Crippen LogP contribution in [0, 0.1) is 6.92 Å². The van der Waals surface area contributed by atoms with Crippen LogP contribution >= 0.6 is 11.3 Å². The number of aryl methyl sites for hydroxylation is 3. The molecule has 5 rings (SSSR count). The molecular formula is C17H15N5O2S. The smallest absolute Gasteiger partial charge is 0.231 e. The van der Waals surface area contributed by atoms with Crippen molar-refractivity contribution < 1.29 is 9.47 Å². The van der Waals surface area contributed by atoms with Gasteiger partial charge in [0.1, 0.15) is 10.8 Å². The fourth-order valence-corrected chi connectivity index (χ4v) is 3.73. The van der Waals surface area contributed by atoms with Crippen LogP contribution in [0.3, 0.4) is 0 Å². The number of hydrogen-bond acceptors (Lipinski definition) is 6. The van der Waals surface area contributed by atoms with Gasteiger partial charge in [-0.1, -0.05) is 11.3 Å². The lowest BCUT2D eigenvalue weighted by molar-refractivity contribution is 0.174. The second-order valence-electron chi connectivity index (χ2n) is 5.84. The summed E-state index contributed by atoms with van der Waals surface area (Å²) in [5, 5.41) is 5.43. The molecule has 25 heavy (non-hydrogen) atoms. The van der Waals surface area contributed by atoms with E-state index in [4.69, 9.17) is 9.47 Å². The topological polar surface area (TPSA) is 66.5 Å². The average Bonchev–Trinajstić information content (AvgIpc) is 3.35. The van der Waals surface area contributed by atoms with E-state index in [0.717, 1.165) is 51.5 Å². The van der Waals surface area contributed by atoms with Crippen molar-refractivity contribution in [3.8, 4) is 22.9 Å². The highest BCUT2D eigenvalue weighted by Crippen LogP contribution is 2.35. The minimum Gasteiger partial charge on any atom is -0.454 e. The second-order valence-corrected chi connectivity index (χ2v) is 7.00. The molecule has 4 aromatic rings. The highest BCUT2D eigenvalue weighted by Gasteiger charge is 2.16. The van der Waals surface area contributed by atoms with E-state index in [1.54, 1.807) is 11.3 Å². The third kappa shape index (κ3) is 2.54. The van der Waals surface area contributed by atoms with Crippen LogP contribution in [0.1, 0.15) is 10.7 Å². The van der Waals surface area contributed by atoms with Crippen molar-refractivity contribution in [2.24, 2.45) is 0 Å². The molecule has 126 valence electrons. The van der Waals surface area contributed by atoms with Gasteiger partial charge in [0, 0.05) is 30.9 Å². The predicted octanol–water partition coefficient (Wildman–Crippen LogP) is 2.93. The van der Waals surface area contributed by atoms with Gasteiger partial charge < -0.3 is 14.0 Å². The van der Waals surface area contributed by atoms with Crippen LogP contribution in [0.25, 0.3) is 16.3 Å². The fraction of sp³-hybridized carbons (Fsp3) is 0.235. The Balaban J connectivity index is 1.38. The molecule has 1 aromatic carbocycles. The number of imidazole rings is 2. The molecule has 8 heteroatoms. The van der Waals surface area contributed by atoms with Gasteiger partial charge in [-0.3, -0.25) is 0 Å². The lowest BCUT2D eigenvalue weighted by atomic mass is 10.2. The molecule has 0 aliphatic carbocycles. The molecule has 0 saturated carbocycles. The largest absolute Gasteiger partial charge is 0.454 e. The first-order chi connectivity index (χ1) is 12.3. The van der Waals surface area contributed by atoms with Crippen molar-refractivity contribution in [3.05, 3.63) is 47.5 Å². The van der Waals surface area contributed by atoms with Crippen LogP contribution in [-0.2, 0) is 13.0 Å². The maximum Gasteiger partial charge on any atom is 0.231 e. The number of rotatable bonds is 4. The lowest BCUT2D eigenvalue weighted by Crippen LogP contribution is -2.03. The molecule has 0 N–H and O–H groups in total. The number of fused-ring (bicyclic) bond motifs is 2. The van der Waals surface area contributed by atoms with Crippen LogP contribution in [-0.4, -0.2) is 30.9 Å². The Kier molecular flexibility index (Phi) is 3.24. The highest BCUT2D eigenvalue weighted by atomic mass is 32.1. The quantitative estimate of drug-likeness (QED) is 0.564. The van der Waals surface area contributed by atoms with Gasteiger partial charge >= 0.3 is 0 Å². The number of benzene rings is 1. The zero-order chi connectivity index (χ0) is 16.8. The minimum absolute atomic E-state index is 0.276. The summed E-state index contributed by atoms with van der Waals surface area (Å²) in [6.07, 6.45) is 6.62. The SMILES string of the molecule is Cc1nn2cc(CCn3ccnc3-c3ccc4c(c3)OCO4)nc2s1. The number of hydrogen-bond donors (Lipinski definition) is 0. The van der Waals surface area contributed by atoms with Gasteiger partial charge in [-0.15, -0.1) is 0 Å². The normalized spacial score (nSPS) is 13.0. The van der Waals surface area contributed by atoms with Crippen LogP contribution in [0.2, 0.25) is 0 Å². The van der Waals surface area contributed by atoms with Crippen molar-refractivity contribution in [2.75, 3.05) is 6.79 Å². The summed E-state index contributed by atoms with van der Waals surface area (Å²) in [7, 11) is 0. The Bertz CT molecular complexity index is 1030.